The summed E-state index contributed by atoms with van der Waals surface area (Å²) < 4.78 is 1.91. The molecule has 3 aromatic rings. The largest absolute Gasteiger partial charge is 0.478 e. The molecule has 0 spiro atoms. The van der Waals surface area contributed by atoms with Gasteiger partial charge in [0.1, 0.15) is 5.82 Å². The smallest absolute Gasteiger partial charge is 0.328 e. The van der Waals surface area contributed by atoms with Crippen LogP contribution in [-0.4, -0.2) is 20.6 Å². The number of benzene rings is 1. The summed E-state index contributed by atoms with van der Waals surface area (Å²) in [4.78, 5) is 28.5. The quantitative estimate of drug-likeness (QED) is 0.313. The third-order valence-electron chi connectivity index (χ3n) is 4.55. The number of allylic oxidation sites excluding steroid dienone is 3. The van der Waals surface area contributed by atoms with Gasteiger partial charge in [-0.2, -0.15) is 0 Å². The lowest BCUT2D eigenvalue weighted by Gasteiger charge is -2.19. The average molecular weight is 413 g/mol. The summed E-state index contributed by atoms with van der Waals surface area (Å²) in [6, 6.07) is 12.9. The highest BCUT2D eigenvalue weighted by Gasteiger charge is 2.15. The molecule has 0 radical (unpaired) electrons. The number of hydrogen-bond donors (Lipinski definition) is 2. The lowest BCUT2D eigenvalue weighted by atomic mass is 10.1. The van der Waals surface area contributed by atoms with Crippen LogP contribution in [0.3, 0.4) is 0 Å². The Kier molecular flexibility index (Phi) is 6.62. The van der Waals surface area contributed by atoms with E-state index < -0.39 is 5.97 Å². The Balaban J connectivity index is 2.38. The first-order chi connectivity index (χ1) is 14.9. The molecule has 0 aliphatic carbocycles. The van der Waals surface area contributed by atoms with Crippen LogP contribution in [0.25, 0.3) is 22.7 Å². The van der Waals surface area contributed by atoms with Crippen LogP contribution in [0.4, 0.5) is 5.82 Å². The van der Waals surface area contributed by atoms with Crippen molar-refractivity contribution in [1.29, 1.82) is 0 Å². The van der Waals surface area contributed by atoms with E-state index in [9.17, 15) is 9.59 Å². The van der Waals surface area contributed by atoms with E-state index in [-0.39, 0.29) is 5.43 Å². The monoisotopic (exact) mass is 413 g/mol. The van der Waals surface area contributed by atoms with Crippen LogP contribution in [0.5, 0.6) is 0 Å². The number of anilines is 1. The van der Waals surface area contributed by atoms with Gasteiger partial charge in [0, 0.05) is 29.2 Å². The second-order valence-electron chi connectivity index (χ2n) is 6.79. The Morgan fingerprint density at radius 3 is 2.61 bits per heavy atom. The van der Waals surface area contributed by atoms with E-state index in [1.54, 1.807) is 19.1 Å². The maximum atomic E-state index is 13.1. The van der Waals surface area contributed by atoms with Gasteiger partial charge in [0.15, 0.2) is 5.43 Å². The predicted octanol–water partition coefficient (Wildman–Crippen LogP) is 4.85. The van der Waals surface area contributed by atoms with Gasteiger partial charge in [-0.15, -0.1) is 6.58 Å². The van der Waals surface area contributed by atoms with E-state index in [0.29, 0.717) is 34.5 Å². The zero-order chi connectivity index (χ0) is 22.4. The fraction of sp³-hybridized carbons (Fsp3) is 0.0800. The molecular weight excluding hydrogens is 390 g/mol. The maximum absolute atomic E-state index is 13.1. The molecule has 3 rings (SSSR count). The minimum atomic E-state index is -1.11. The van der Waals surface area contributed by atoms with Gasteiger partial charge in [-0.25, -0.2) is 4.79 Å². The summed E-state index contributed by atoms with van der Waals surface area (Å²) >= 11 is 0. The van der Waals surface area contributed by atoms with E-state index in [0.717, 1.165) is 17.5 Å². The standard InChI is InChI=1S/C25H23N3O3/c1-4-6-10-18(5-2)27-23-16-22(29)25-20(13-14-24(30)31)26-17(3)15-21(25)28(23)19-11-8-7-9-12-19/h4-5,7-16,27H,1-2,6H2,3H3,(H,30,31)/b14-13+,18-10+. The van der Waals surface area contributed by atoms with E-state index in [1.807, 2.05) is 47.0 Å². The average Bonchev–Trinajstić information content (AvgIpc) is 2.75. The lowest BCUT2D eigenvalue weighted by Crippen LogP contribution is -2.15. The van der Waals surface area contributed by atoms with Crippen molar-refractivity contribution in [3.8, 4) is 5.69 Å². The number of nitrogens with zero attached hydrogens (tertiary/aromatic N) is 2. The van der Waals surface area contributed by atoms with Crippen molar-refractivity contribution in [2.24, 2.45) is 0 Å². The zero-order valence-electron chi connectivity index (χ0n) is 17.2. The van der Waals surface area contributed by atoms with Crippen molar-refractivity contribution in [2.45, 2.75) is 13.3 Å². The van der Waals surface area contributed by atoms with Gasteiger partial charge in [-0.1, -0.05) is 36.9 Å². The second-order valence-corrected chi connectivity index (χ2v) is 6.79. The number of pyridine rings is 2. The lowest BCUT2D eigenvalue weighted by molar-refractivity contribution is -0.131. The van der Waals surface area contributed by atoms with Gasteiger partial charge in [0.25, 0.3) is 0 Å². The number of aliphatic carboxylic acids is 1. The van der Waals surface area contributed by atoms with Crippen molar-refractivity contribution in [1.82, 2.24) is 9.55 Å². The topological polar surface area (TPSA) is 84.2 Å². The molecule has 6 heteroatoms. The Hall–Kier alpha value is -4.19. The van der Waals surface area contributed by atoms with Crippen LogP contribution in [-0.2, 0) is 4.79 Å². The Labute approximate surface area is 180 Å². The fourth-order valence-electron chi connectivity index (χ4n) is 3.26. The first kappa shape index (κ1) is 21.5. The van der Waals surface area contributed by atoms with Gasteiger partial charge in [0.05, 0.1) is 16.6 Å². The number of aromatic nitrogens is 2. The van der Waals surface area contributed by atoms with Crippen LogP contribution in [0, 0.1) is 6.92 Å². The number of rotatable bonds is 8. The van der Waals surface area contributed by atoms with Crippen molar-refractivity contribution in [3.63, 3.8) is 0 Å². The molecule has 156 valence electrons. The highest BCUT2D eigenvalue weighted by atomic mass is 16.4. The van der Waals surface area contributed by atoms with Crippen molar-refractivity contribution < 1.29 is 9.90 Å². The summed E-state index contributed by atoms with van der Waals surface area (Å²) in [7, 11) is 0. The molecule has 0 unspecified atom stereocenters. The number of para-hydroxylation sites is 1. The van der Waals surface area contributed by atoms with Crippen LogP contribution < -0.4 is 10.7 Å². The molecule has 0 aliphatic rings. The molecule has 31 heavy (non-hydrogen) atoms. The minimum absolute atomic E-state index is 0.269. The number of carboxylic acid groups (broad SMARTS) is 1. The summed E-state index contributed by atoms with van der Waals surface area (Å²) in [5.74, 6) is -0.557. The fourth-order valence-corrected chi connectivity index (χ4v) is 3.26. The molecule has 0 fully saturated rings. The first-order valence-electron chi connectivity index (χ1n) is 9.69. The van der Waals surface area contributed by atoms with Crippen molar-refractivity contribution in [3.05, 3.63) is 107 Å². The Bertz CT molecular complexity index is 1270. The molecule has 0 amide bonds. The summed E-state index contributed by atoms with van der Waals surface area (Å²) in [5, 5.41) is 12.6. The van der Waals surface area contributed by atoms with Crippen molar-refractivity contribution >= 4 is 28.8 Å². The number of aryl methyl sites for hydroxylation is 1. The van der Waals surface area contributed by atoms with Crippen LogP contribution in [0.1, 0.15) is 17.8 Å². The van der Waals surface area contributed by atoms with Crippen LogP contribution in [0.2, 0.25) is 0 Å². The third kappa shape index (κ3) is 4.87. The molecule has 0 bridgehead atoms. The van der Waals surface area contributed by atoms with E-state index in [4.69, 9.17) is 5.11 Å². The van der Waals surface area contributed by atoms with Gasteiger partial charge in [-0.3, -0.25) is 14.3 Å². The minimum Gasteiger partial charge on any atom is -0.478 e. The number of carboxylic acids is 1. The van der Waals surface area contributed by atoms with E-state index in [1.165, 1.54) is 12.1 Å². The summed E-state index contributed by atoms with van der Waals surface area (Å²) in [6.45, 7) is 9.37. The van der Waals surface area contributed by atoms with Crippen molar-refractivity contribution in [2.75, 3.05) is 5.32 Å². The normalized spacial score (nSPS) is 11.6. The maximum Gasteiger partial charge on any atom is 0.328 e. The highest BCUT2D eigenvalue weighted by molar-refractivity contribution is 5.93. The molecule has 0 aliphatic heterocycles. The van der Waals surface area contributed by atoms with E-state index in [2.05, 4.69) is 23.5 Å². The molecule has 2 heterocycles. The molecular formula is C25H23N3O3. The first-order valence-corrected chi connectivity index (χ1v) is 9.69. The Morgan fingerprint density at radius 1 is 1.23 bits per heavy atom. The number of fused-ring (bicyclic) bond motifs is 1. The molecule has 2 N–H and O–H groups in total. The number of nitrogens with one attached hydrogen (secondary N) is 1. The van der Waals surface area contributed by atoms with Crippen LogP contribution in [0.15, 0.2) is 90.4 Å². The predicted molar refractivity (Wildman–Crippen MR) is 125 cm³/mol. The number of hydrogen-bond acceptors (Lipinski definition) is 4. The number of carbonyl (C=O) groups is 1. The molecule has 6 nitrogen and oxygen atoms in total. The molecule has 2 aromatic heterocycles. The van der Waals surface area contributed by atoms with E-state index >= 15 is 0 Å². The third-order valence-corrected chi connectivity index (χ3v) is 4.55. The second kappa shape index (κ2) is 9.54. The van der Waals surface area contributed by atoms with Gasteiger partial charge >= 0.3 is 5.97 Å². The van der Waals surface area contributed by atoms with Crippen LogP contribution >= 0.6 is 0 Å². The summed E-state index contributed by atoms with van der Waals surface area (Å²) in [6.07, 6.45) is 8.33. The molecule has 0 atom stereocenters. The SMILES string of the molecule is C=CC/C=C(\C=C)Nc1cc(=O)c2c(/C=C/C(=O)O)nc(C)cc2n1-c1ccccc1. The zero-order valence-corrected chi connectivity index (χ0v) is 17.2. The Morgan fingerprint density at radius 2 is 1.97 bits per heavy atom. The van der Waals surface area contributed by atoms with Gasteiger partial charge < -0.3 is 10.4 Å². The van der Waals surface area contributed by atoms with Gasteiger partial charge in [-0.05, 0) is 43.7 Å². The summed E-state index contributed by atoms with van der Waals surface area (Å²) in [5.41, 5.74) is 2.89. The highest BCUT2D eigenvalue weighted by Crippen LogP contribution is 2.26. The molecule has 1 aromatic carbocycles. The molecule has 0 saturated heterocycles. The van der Waals surface area contributed by atoms with Gasteiger partial charge in [0.2, 0.25) is 0 Å². The molecule has 0 saturated carbocycles.